The molecule has 0 spiro atoms. The average molecular weight is 743 g/mol. The van der Waals surface area contributed by atoms with Crippen LogP contribution in [0.4, 0.5) is 0 Å². The monoisotopic (exact) mass is 743 g/mol. The molecule has 53 heavy (non-hydrogen) atoms. The molecule has 0 aromatic rings. The Bertz CT molecular complexity index is 828. The molecule has 0 heterocycles. The summed E-state index contributed by atoms with van der Waals surface area (Å²) >= 11 is 0. The first-order valence-corrected chi connectivity index (χ1v) is 23.2. The zero-order valence-corrected chi connectivity index (χ0v) is 35.5. The lowest BCUT2D eigenvalue weighted by molar-refractivity contribution is -0.154. The molecular formula is C49H90O4. The van der Waals surface area contributed by atoms with E-state index in [-0.39, 0.29) is 19.2 Å². The zero-order valence-electron chi connectivity index (χ0n) is 35.5. The summed E-state index contributed by atoms with van der Waals surface area (Å²) in [5, 5.41) is 9.61. The molecule has 0 aromatic heterocycles. The molecule has 4 nitrogen and oxygen atoms in total. The van der Waals surface area contributed by atoms with Gasteiger partial charge in [-0.1, -0.05) is 223 Å². The van der Waals surface area contributed by atoms with Crippen molar-refractivity contribution in [2.75, 3.05) is 19.8 Å². The van der Waals surface area contributed by atoms with Crippen LogP contribution in [0, 0.1) is 0 Å². The highest BCUT2D eigenvalue weighted by molar-refractivity contribution is 5.69. The summed E-state index contributed by atoms with van der Waals surface area (Å²) < 4.78 is 11.2. The third-order valence-electron chi connectivity index (χ3n) is 10.2. The Labute approximate surface area is 331 Å². The molecule has 310 valence electrons. The van der Waals surface area contributed by atoms with Gasteiger partial charge in [0.15, 0.2) is 0 Å². The highest BCUT2D eigenvalue weighted by Crippen LogP contribution is 2.16. The summed E-state index contributed by atoms with van der Waals surface area (Å²) in [5.74, 6) is -0.221. The SMILES string of the molecule is CC/C=C\C/C=C\C/C=C\C/C=C\CCCCCCC(=O)OC(CO)COCCCCCCCCCCCCCCCCCCCCCCCCCC. The fraction of sp³-hybridized carbons (Fsp3) is 0.816. The molecular weight excluding hydrogens is 653 g/mol. The van der Waals surface area contributed by atoms with Gasteiger partial charge in [-0.15, -0.1) is 0 Å². The van der Waals surface area contributed by atoms with Crippen molar-refractivity contribution >= 4 is 5.97 Å². The van der Waals surface area contributed by atoms with Crippen LogP contribution in [-0.2, 0) is 14.3 Å². The molecule has 4 heteroatoms. The number of unbranched alkanes of at least 4 members (excludes halogenated alkanes) is 27. The predicted molar refractivity (Wildman–Crippen MR) is 233 cm³/mol. The van der Waals surface area contributed by atoms with E-state index >= 15 is 0 Å². The predicted octanol–water partition coefficient (Wildman–Crippen LogP) is 15.4. The van der Waals surface area contributed by atoms with Gasteiger partial charge in [-0.3, -0.25) is 4.79 Å². The van der Waals surface area contributed by atoms with Crippen LogP contribution in [0.1, 0.15) is 232 Å². The first-order chi connectivity index (χ1) is 26.2. The minimum Gasteiger partial charge on any atom is -0.457 e. The zero-order chi connectivity index (χ0) is 38.4. The lowest BCUT2D eigenvalue weighted by atomic mass is 10.0. The summed E-state index contributed by atoms with van der Waals surface area (Å²) in [6.07, 6.45) is 60.5. The van der Waals surface area contributed by atoms with Crippen molar-refractivity contribution < 1.29 is 19.4 Å². The number of carbonyl (C=O) groups is 1. The van der Waals surface area contributed by atoms with Crippen molar-refractivity contribution in [3.63, 3.8) is 0 Å². The molecule has 0 aromatic carbocycles. The van der Waals surface area contributed by atoms with E-state index in [1.165, 1.54) is 148 Å². The molecule has 0 aliphatic rings. The molecule has 0 rings (SSSR count). The Balaban J connectivity index is 3.40. The molecule has 0 aliphatic carbocycles. The first-order valence-electron chi connectivity index (χ1n) is 23.2. The van der Waals surface area contributed by atoms with Crippen LogP contribution in [0.2, 0.25) is 0 Å². The van der Waals surface area contributed by atoms with Gasteiger partial charge in [0.1, 0.15) is 6.10 Å². The summed E-state index contributed by atoms with van der Waals surface area (Å²) in [4.78, 5) is 12.2. The third-order valence-corrected chi connectivity index (χ3v) is 10.2. The Morgan fingerprint density at radius 1 is 0.472 bits per heavy atom. The van der Waals surface area contributed by atoms with Crippen LogP contribution >= 0.6 is 0 Å². The summed E-state index contributed by atoms with van der Waals surface area (Å²) in [6, 6.07) is 0. The van der Waals surface area contributed by atoms with Gasteiger partial charge in [0.25, 0.3) is 0 Å². The van der Waals surface area contributed by atoms with Gasteiger partial charge < -0.3 is 14.6 Å². The van der Waals surface area contributed by atoms with E-state index < -0.39 is 6.10 Å². The third kappa shape index (κ3) is 44.6. The minimum atomic E-state index is -0.546. The van der Waals surface area contributed by atoms with Gasteiger partial charge in [-0.2, -0.15) is 0 Å². The molecule has 0 saturated carbocycles. The van der Waals surface area contributed by atoms with Gasteiger partial charge >= 0.3 is 5.97 Å². The van der Waals surface area contributed by atoms with Gasteiger partial charge in [0, 0.05) is 13.0 Å². The number of aliphatic hydroxyl groups excluding tert-OH is 1. The maximum absolute atomic E-state index is 12.2. The molecule has 0 fully saturated rings. The Morgan fingerprint density at radius 2 is 0.849 bits per heavy atom. The van der Waals surface area contributed by atoms with Crippen molar-refractivity contribution in [1.29, 1.82) is 0 Å². The number of hydrogen-bond donors (Lipinski definition) is 1. The Morgan fingerprint density at radius 3 is 1.28 bits per heavy atom. The van der Waals surface area contributed by atoms with Crippen LogP contribution in [0.15, 0.2) is 48.6 Å². The van der Waals surface area contributed by atoms with E-state index in [2.05, 4.69) is 62.5 Å². The van der Waals surface area contributed by atoms with Gasteiger partial charge in [0.2, 0.25) is 0 Å². The van der Waals surface area contributed by atoms with E-state index in [1.807, 2.05) is 0 Å². The molecule has 0 amide bonds. The lowest BCUT2D eigenvalue weighted by Crippen LogP contribution is -2.27. The molecule has 1 N–H and O–H groups in total. The number of rotatable bonds is 43. The van der Waals surface area contributed by atoms with Crippen molar-refractivity contribution in [2.24, 2.45) is 0 Å². The second-order valence-electron chi connectivity index (χ2n) is 15.5. The number of carbonyl (C=O) groups excluding carboxylic acids is 1. The second-order valence-corrected chi connectivity index (χ2v) is 15.5. The first kappa shape index (κ1) is 51.4. The van der Waals surface area contributed by atoms with Crippen molar-refractivity contribution in [2.45, 2.75) is 238 Å². The van der Waals surface area contributed by atoms with Crippen LogP contribution in [0.5, 0.6) is 0 Å². The fourth-order valence-corrected chi connectivity index (χ4v) is 6.73. The van der Waals surface area contributed by atoms with E-state index in [0.717, 1.165) is 64.2 Å². The molecule has 0 bridgehead atoms. The highest BCUT2D eigenvalue weighted by Gasteiger charge is 2.13. The normalized spacial score (nSPS) is 12.7. The molecule has 0 saturated heterocycles. The number of hydrogen-bond acceptors (Lipinski definition) is 4. The van der Waals surface area contributed by atoms with Crippen molar-refractivity contribution in [3.05, 3.63) is 48.6 Å². The summed E-state index contributed by atoms with van der Waals surface area (Å²) in [7, 11) is 0. The lowest BCUT2D eigenvalue weighted by Gasteiger charge is -2.15. The van der Waals surface area contributed by atoms with Gasteiger partial charge in [0.05, 0.1) is 13.2 Å². The van der Waals surface area contributed by atoms with Crippen molar-refractivity contribution in [3.8, 4) is 0 Å². The molecule has 1 atom stereocenters. The minimum absolute atomic E-state index is 0.181. The molecule has 0 radical (unpaired) electrons. The smallest absolute Gasteiger partial charge is 0.306 e. The Kier molecular flexibility index (Phi) is 45.1. The maximum Gasteiger partial charge on any atom is 0.306 e. The van der Waals surface area contributed by atoms with Gasteiger partial charge in [-0.05, 0) is 51.4 Å². The number of esters is 1. The number of allylic oxidation sites excluding steroid dienone is 8. The van der Waals surface area contributed by atoms with Crippen LogP contribution in [0.25, 0.3) is 0 Å². The van der Waals surface area contributed by atoms with Crippen LogP contribution < -0.4 is 0 Å². The standard InChI is InChI=1S/C49H90O4/c1-3-5-7-9-11-13-15-17-19-21-22-23-24-25-26-27-29-31-33-35-37-39-41-43-45-52-47-48(46-50)53-49(51)44-42-40-38-36-34-32-30-28-20-18-16-14-12-10-8-6-4-2/h6,8,12,14,18,20,30,32,48,50H,3-5,7,9-11,13,15-17,19,21-29,31,33-47H2,1-2H3/b8-6-,14-12-,20-18-,32-30-. The second kappa shape index (κ2) is 46.5. The van der Waals surface area contributed by atoms with E-state index in [4.69, 9.17) is 9.47 Å². The van der Waals surface area contributed by atoms with Crippen LogP contribution in [0.3, 0.4) is 0 Å². The molecule has 0 aliphatic heterocycles. The van der Waals surface area contributed by atoms with Crippen LogP contribution in [-0.4, -0.2) is 37.0 Å². The topological polar surface area (TPSA) is 55.8 Å². The van der Waals surface area contributed by atoms with E-state index in [9.17, 15) is 9.90 Å². The van der Waals surface area contributed by atoms with Gasteiger partial charge in [-0.25, -0.2) is 0 Å². The fourth-order valence-electron chi connectivity index (χ4n) is 6.73. The summed E-state index contributed by atoms with van der Waals surface area (Å²) in [5.41, 5.74) is 0. The average Bonchev–Trinajstić information content (AvgIpc) is 3.16. The highest BCUT2D eigenvalue weighted by atomic mass is 16.6. The maximum atomic E-state index is 12.2. The summed E-state index contributed by atoms with van der Waals surface area (Å²) in [6.45, 7) is 5.24. The quantitative estimate of drug-likeness (QED) is 0.0384. The van der Waals surface area contributed by atoms with Crippen molar-refractivity contribution in [1.82, 2.24) is 0 Å². The largest absolute Gasteiger partial charge is 0.457 e. The molecule has 1 unspecified atom stereocenters. The number of aliphatic hydroxyl groups is 1. The van der Waals surface area contributed by atoms with E-state index in [0.29, 0.717) is 13.0 Å². The number of ether oxygens (including phenoxy) is 2. The Hall–Kier alpha value is -1.65. The van der Waals surface area contributed by atoms with E-state index in [1.54, 1.807) is 0 Å².